The quantitative estimate of drug-likeness (QED) is 0.614. The smallest absolute Gasteiger partial charge is 0.136 e. The Morgan fingerprint density at radius 1 is 1.50 bits per heavy atom. The fraction of sp³-hybridized carbons (Fsp3) is 0.769. The van der Waals surface area contributed by atoms with Gasteiger partial charge in [-0.25, -0.2) is 0 Å². The molecular weight excluding hydrogens is 172 g/mol. The van der Waals surface area contributed by atoms with Crippen LogP contribution in [-0.2, 0) is 4.79 Å². The second-order valence-corrected chi connectivity index (χ2v) is 5.52. The summed E-state index contributed by atoms with van der Waals surface area (Å²) in [7, 11) is 0. The molecule has 0 aliphatic heterocycles. The zero-order chi connectivity index (χ0) is 10.8. The van der Waals surface area contributed by atoms with Gasteiger partial charge in [0, 0.05) is 12.3 Å². The van der Waals surface area contributed by atoms with Gasteiger partial charge in [-0.3, -0.25) is 4.79 Å². The normalized spacial score (nSPS) is 28.9. The Labute approximate surface area is 87.6 Å². The van der Waals surface area contributed by atoms with Crippen LogP contribution in [0.3, 0.4) is 0 Å². The summed E-state index contributed by atoms with van der Waals surface area (Å²) < 4.78 is 0. The van der Waals surface area contributed by atoms with Gasteiger partial charge in [-0.1, -0.05) is 26.8 Å². The topological polar surface area (TPSA) is 17.1 Å². The standard InChI is InChI=1S/C13H22O/c1-5-6-10-9-11(13(2,3)4)7-8-12(10)14/h5,10-11H,1,6-9H2,2-4H3/t10-,11+/m1/s1. The van der Waals surface area contributed by atoms with Crippen molar-refractivity contribution in [3.05, 3.63) is 12.7 Å². The summed E-state index contributed by atoms with van der Waals surface area (Å²) in [5.74, 6) is 1.40. The molecule has 2 atom stereocenters. The minimum absolute atomic E-state index is 0.255. The van der Waals surface area contributed by atoms with Crippen LogP contribution in [-0.4, -0.2) is 5.78 Å². The molecule has 0 aromatic rings. The first-order valence-corrected chi connectivity index (χ1v) is 5.58. The third kappa shape index (κ3) is 2.70. The van der Waals surface area contributed by atoms with Crippen molar-refractivity contribution in [3.63, 3.8) is 0 Å². The molecule has 0 aromatic heterocycles. The molecular formula is C13H22O. The van der Waals surface area contributed by atoms with Crippen LogP contribution in [0, 0.1) is 17.3 Å². The Morgan fingerprint density at radius 2 is 2.14 bits per heavy atom. The maximum absolute atomic E-state index is 11.6. The van der Waals surface area contributed by atoms with Crippen molar-refractivity contribution in [2.45, 2.75) is 46.5 Å². The highest BCUT2D eigenvalue weighted by Gasteiger charge is 2.33. The Morgan fingerprint density at radius 3 is 2.64 bits per heavy atom. The van der Waals surface area contributed by atoms with Crippen LogP contribution in [0.2, 0.25) is 0 Å². The number of ketones is 1. The molecule has 0 N–H and O–H groups in total. The van der Waals surface area contributed by atoms with Gasteiger partial charge in [-0.15, -0.1) is 6.58 Å². The van der Waals surface area contributed by atoms with E-state index in [-0.39, 0.29) is 5.92 Å². The third-order valence-electron chi connectivity index (χ3n) is 3.44. The van der Waals surface area contributed by atoms with Gasteiger partial charge in [0.25, 0.3) is 0 Å². The van der Waals surface area contributed by atoms with Crippen LogP contribution >= 0.6 is 0 Å². The van der Waals surface area contributed by atoms with E-state index in [2.05, 4.69) is 27.4 Å². The van der Waals surface area contributed by atoms with E-state index < -0.39 is 0 Å². The molecule has 1 aliphatic carbocycles. The molecule has 0 unspecified atom stereocenters. The lowest BCUT2D eigenvalue weighted by Gasteiger charge is -2.36. The summed E-state index contributed by atoms with van der Waals surface area (Å²) in [5, 5.41) is 0. The summed E-state index contributed by atoms with van der Waals surface area (Å²) in [5.41, 5.74) is 0.347. The number of carbonyl (C=O) groups is 1. The van der Waals surface area contributed by atoms with Gasteiger partial charge in [0.2, 0.25) is 0 Å². The zero-order valence-electron chi connectivity index (χ0n) is 9.68. The second kappa shape index (κ2) is 4.29. The van der Waals surface area contributed by atoms with Gasteiger partial charge in [-0.05, 0) is 30.6 Å². The average Bonchev–Trinajstić information content (AvgIpc) is 2.07. The van der Waals surface area contributed by atoms with E-state index >= 15 is 0 Å². The maximum Gasteiger partial charge on any atom is 0.136 e. The molecule has 0 amide bonds. The predicted octanol–water partition coefficient (Wildman–Crippen LogP) is 3.59. The third-order valence-corrected chi connectivity index (χ3v) is 3.44. The van der Waals surface area contributed by atoms with E-state index in [4.69, 9.17) is 0 Å². The molecule has 0 radical (unpaired) electrons. The largest absolute Gasteiger partial charge is 0.299 e. The number of hydrogen-bond donors (Lipinski definition) is 0. The van der Waals surface area contributed by atoms with E-state index in [0.29, 0.717) is 17.1 Å². The van der Waals surface area contributed by atoms with Crippen molar-refractivity contribution in [2.75, 3.05) is 0 Å². The van der Waals surface area contributed by atoms with Crippen LogP contribution in [0.25, 0.3) is 0 Å². The van der Waals surface area contributed by atoms with Crippen LogP contribution in [0.1, 0.15) is 46.5 Å². The first-order valence-electron chi connectivity index (χ1n) is 5.58. The summed E-state index contributed by atoms with van der Waals surface area (Å²) in [6.07, 6.45) is 5.67. The fourth-order valence-electron chi connectivity index (χ4n) is 2.33. The van der Waals surface area contributed by atoms with Crippen LogP contribution in [0.4, 0.5) is 0 Å². The SMILES string of the molecule is C=CC[C@@H]1C[C@@H](C(C)(C)C)CCC1=O. The Hall–Kier alpha value is -0.590. The van der Waals surface area contributed by atoms with Gasteiger partial charge in [0.1, 0.15) is 5.78 Å². The molecule has 0 aromatic carbocycles. The first kappa shape index (κ1) is 11.5. The zero-order valence-corrected chi connectivity index (χ0v) is 9.68. The fourth-order valence-corrected chi connectivity index (χ4v) is 2.33. The monoisotopic (exact) mass is 194 g/mol. The molecule has 1 aliphatic rings. The van der Waals surface area contributed by atoms with Crippen LogP contribution < -0.4 is 0 Å². The lowest BCUT2D eigenvalue weighted by Crippen LogP contribution is -2.31. The summed E-state index contributed by atoms with van der Waals surface area (Å²) >= 11 is 0. The molecule has 1 heteroatoms. The van der Waals surface area contributed by atoms with Gasteiger partial charge in [0.05, 0.1) is 0 Å². The van der Waals surface area contributed by atoms with Crippen molar-refractivity contribution in [2.24, 2.45) is 17.3 Å². The maximum atomic E-state index is 11.6. The summed E-state index contributed by atoms with van der Waals surface area (Å²) in [6, 6.07) is 0. The average molecular weight is 194 g/mol. The lowest BCUT2D eigenvalue weighted by atomic mass is 9.68. The highest BCUT2D eigenvalue weighted by atomic mass is 16.1. The molecule has 1 rings (SSSR count). The van der Waals surface area contributed by atoms with E-state index in [0.717, 1.165) is 25.7 Å². The molecule has 0 heterocycles. The van der Waals surface area contributed by atoms with Gasteiger partial charge >= 0.3 is 0 Å². The lowest BCUT2D eigenvalue weighted by molar-refractivity contribution is -0.126. The van der Waals surface area contributed by atoms with E-state index in [1.807, 2.05) is 6.08 Å². The second-order valence-electron chi connectivity index (χ2n) is 5.52. The molecule has 0 bridgehead atoms. The first-order chi connectivity index (χ1) is 6.45. The van der Waals surface area contributed by atoms with Gasteiger partial charge < -0.3 is 0 Å². The van der Waals surface area contributed by atoms with Crippen molar-refractivity contribution in [1.82, 2.24) is 0 Å². The Balaban J connectivity index is 2.62. The molecule has 1 nitrogen and oxygen atoms in total. The Bertz CT molecular complexity index is 222. The highest BCUT2D eigenvalue weighted by Crippen LogP contribution is 2.39. The minimum atomic E-state index is 0.255. The van der Waals surface area contributed by atoms with Gasteiger partial charge in [0.15, 0.2) is 0 Å². The number of Topliss-reactive ketones (excluding diaryl/α,β-unsaturated/α-hetero) is 1. The van der Waals surface area contributed by atoms with Gasteiger partial charge in [-0.2, -0.15) is 0 Å². The summed E-state index contributed by atoms with van der Waals surface area (Å²) in [4.78, 5) is 11.6. The number of allylic oxidation sites excluding steroid dienone is 1. The number of hydrogen-bond acceptors (Lipinski definition) is 1. The van der Waals surface area contributed by atoms with Crippen molar-refractivity contribution < 1.29 is 4.79 Å². The molecule has 1 saturated carbocycles. The molecule has 80 valence electrons. The van der Waals surface area contributed by atoms with Crippen LogP contribution in [0.5, 0.6) is 0 Å². The number of carbonyl (C=O) groups excluding carboxylic acids is 1. The van der Waals surface area contributed by atoms with E-state index in [1.165, 1.54) is 0 Å². The van der Waals surface area contributed by atoms with Crippen LogP contribution in [0.15, 0.2) is 12.7 Å². The van der Waals surface area contributed by atoms with Crippen molar-refractivity contribution in [3.8, 4) is 0 Å². The molecule has 0 saturated heterocycles. The van der Waals surface area contributed by atoms with Crippen molar-refractivity contribution >= 4 is 5.78 Å². The predicted molar refractivity (Wildman–Crippen MR) is 60.1 cm³/mol. The number of rotatable bonds is 2. The van der Waals surface area contributed by atoms with E-state index in [1.54, 1.807) is 0 Å². The minimum Gasteiger partial charge on any atom is -0.299 e. The molecule has 14 heavy (non-hydrogen) atoms. The van der Waals surface area contributed by atoms with Crippen molar-refractivity contribution in [1.29, 1.82) is 0 Å². The highest BCUT2D eigenvalue weighted by molar-refractivity contribution is 5.81. The molecule has 0 spiro atoms. The summed E-state index contributed by atoms with van der Waals surface area (Å²) in [6.45, 7) is 10.6. The Kier molecular flexibility index (Phi) is 3.52. The van der Waals surface area contributed by atoms with E-state index in [9.17, 15) is 4.79 Å². The molecule has 1 fully saturated rings.